The average molecular weight is 311 g/mol. The Morgan fingerprint density at radius 3 is 2.57 bits per heavy atom. The lowest BCUT2D eigenvalue weighted by Gasteiger charge is -2.34. The highest BCUT2D eigenvalue weighted by Crippen LogP contribution is 2.18. The van der Waals surface area contributed by atoms with Gasteiger partial charge in [-0.15, -0.1) is 0 Å². The smallest absolute Gasteiger partial charge is 0.178 e. The van der Waals surface area contributed by atoms with Crippen molar-refractivity contribution in [3.05, 3.63) is 29.8 Å². The zero-order valence-electron chi connectivity index (χ0n) is 12.8. The number of sulfone groups is 1. The fraction of sp³-hybridized carbons (Fsp3) is 0.625. The van der Waals surface area contributed by atoms with Crippen LogP contribution in [0.5, 0.6) is 0 Å². The summed E-state index contributed by atoms with van der Waals surface area (Å²) < 4.78 is 24.5. The molecule has 5 heteroatoms. The van der Waals surface area contributed by atoms with Crippen LogP contribution in [0.15, 0.2) is 29.2 Å². The van der Waals surface area contributed by atoms with Gasteiger partial charge in [0.25, 0.3) is 0 Å². The first-order valence-electron chi connectivity index (χ1n) is 7.58. The normalized spacial score (nSPS) is 24.1. The Bertz CT molecular complexity index is 553. The summed E-state index contributed by atoms with van der Waals surface area (Å²) in [5, 5.41) is 9.85. The van der Waals surface area contributed by atoms with E-state index in [-0.39, 0.29) is 11.9 Å². The molecule has 2 unspecified atom stereocenters. The molecule has 1 aliphatic rings. The molecule has 2 rings (SSSR count). The first kappa shape index (κ1) is 16.5. The highest BCUT2D eigenvalue weighted by atomic mass is 32.2. The van der Waals surface area contributed by atoms with Crippen LogP contribution in [0, 0.1) is 12.8 Å². The zero-order valence-corrected chi connectivity index (χ0v) is 13.6. The van der Waals surface area contributed by atoms with E-state index in [0.717, 1.165) is 25.1 Å². The molecule has 0 aliphatic carbocycles. The number of benzene rings is 1. The van der Waals surface area contributed by atoms with Crippen molar-refractivity contribution in [2.24, 2.45) is 5.92 Å². The van der Waals surface area contributed by atoms with Crippen molar-refractivity contribution in [1.82, 2.24) is 4.90 Å². The zero-order chi connectivity index (χ0) is 15.5. The maximum atomic E-state index is 12.2. The lowest BCUT2D eigenvalue weighted by Crippen LogP contribution is -2.43. The third-order valence-electron chi connectivity index (χ3n) is 4.27. The number of aliphatic hydroxyl groups is 1. The molecule has 1 N–H and O–H groups in total. The van der Waals surface area contributed by atoms with E-state index in [2.05, 4.69) is 11.8 Å². The van der Waals surface area contributed by atoms with Gasteiger partial charge in [-0.2, -0.15) is 0 Å². The predicted molar refractivity (Wildman–Crippen MR) is 84.1 cm³/mol. The van der Waals surface area contributed by atoms with Crippen LogP contribution in [-0.2, 0) is 9.84 Å². The van der Waals surface area contributed by atoms with Gasteiger partial charge in [0.2, 0.25) is 0 Å². The van der Waals surface area contributed by atoms with E-state index in [1.807, 2.05) is 19.1 Å². The summed E-state index contributed by atoms with van der Waals surface area (Å²) >= 11 is 0. The van der Waals surface area contributed by atoms with Crippen molar-refractivity contribution in [3.8, 4) is 0 Å². The van der Waals surface area contributed by atoms with Crippen molar-refractivity contribution in [1.29, 1.82) is 0 Å². The fourth-order valence-corrected chi connectivity index (χ4v) is 3.95. The molecule has 2 atom stereocenters. The number of likely N-dealkylation sites (tertiary alicyclic amines) is 1. The molecule has 118 valence electrons. The van der Waals surface area contributed by atoms with Gasteiger partial charge in [0.15, 0.2) is 9.84 Å². The molecule has 0 bridgehead atoms. The lowest BCUT2D eigenvalue weighted by molar-refractivity contribution is 0.0295. The van der Waals surface area contributed by atoms with E-state index >= 15 is 0 Å². The summed E-state index contributed by atoms with van der Waals surface area (Å²) in [6.07, 6.45) is 1.30. The lowest BCUT2D eigenvalue weighted by atomic mass is 9.96. The highest BCUT2D eigenvalue weighted by molar-refractivity contribution is 7.91. The van der Waals surface area contributed by atoms with Gasteiger partial charge < -0.3 is 10.0 Å². The van der Waals surface area contributed by atoms with E-state index in [4.69, 9.17) is 0 Å². The van der Waals surface area contributed by atoms with E-state index in [1.165, 1.54) is 0 Å². The van der Waals surface area contributed by atoms with Crippen molar-refractivity contribution < 1.29 is 13.5 Å². The maximum absolute atomic E-state index is 12.2. The topological polar surface area (TPSA) is 57.6 Å². The molecule has 1 aromatic carbocycles. The number of nitrogens with zero attached hydrogens (tertiary/aromatic N) is 1. The monoisotopic (exact) mass is 311 g/mol. The van der Waals surface area contributed by atoms with Gasteiger partial charge in [0.1, 0.15) is 0 Å². The Morgan fingerprint density at radius 2 is 1.95 bits per heavy atom. The SMILES string of the molecule is Cc1ccc(S(=O)(=O)CCCN2CCC(C)C(O)C2)cc1. The van der Waals surface area contributed by atoms with Gasteiger partial charge in [-0.25, -0.2) is 8.42 Å². The van der Waals surface area contributed by atoms with Crippen LogP contribution in [0.3, 0.4) is 0 Å². The molecule has 0 aromatic heterocycles. The molecule has 4 nitrogen and oxygen atoms in total. The predicted octanol–water partition coefficient (Wildman–Crippen LogP) is 1.86. The molecular formula is C16H25NO3S. The van der Waals surface area contributed by atoms with Crippen LogP contribution in [0.4, 0.5) is 0 Å². The molecule has 0 saturated carbocycles. The second-order valence-corrected chi connectivity index (χ2v) is 8.23. The molecule has 21 heavy (non-hydrogen) atoms. The summed E-state index contributed by atoms with van der Waals surface area (Å²) in [5.41, 5.74) is 1.06. The van der Waals surface area contributed by atoms with Crippen LogP contribution < -0.4 is 0 Å². The van der Waals surface area contributed by atoms with Crippen LogP contribution in [0.2, 0.25) is 0 Å². The van der Waals surface area contributed by atoms with Crippen LogP contribution in [0.1, 0.15) is 25.3 Å². The minimum Gasteiger partial charge on any atom is -0.392 e. The largest absolute Gasteiger partial charge is 0.392 e. The number of rotatable bonds is 5. The van der Waals surface area contributed by atoms with Crippen molar-refractivity contribution in [2.75, 3.05) is 25.4 Å². The molecule has 0 amide bonds. The Labute approximate surface area is 127 Å². The van der Waals surface area contributed by atoms with Gasteiger partial charge in [0.05, 0.1) is 16.8 Å². The summed E-state index contributed by atoms with van der Waals surface area (Å²) in [4.78, 5) is 2.57. The van der Waals surface area contributed by atoms with E-state index in [9.17, 15) is 13.5 Å². The summed E-state index contributed by atoms with van der Waals surface area (Å²) in [6.45, 7) is 6.34. The number of β-amino-alcohol motifs (C(OH)–C–C–N with tert-alkyl or cyclic N) is 1. The Kier molecular flexibility index (Phi) is 5.41. The Hall–Kier alpha value is -0.910. The first-order valence-corrected chi connectivity index (χ1v) is 9.23. The molecule has 1 aromatic rings. The number of hydrogen-bond acceptors (Lipinski definition) is 4. The van der Waals surface area contributed by atoms with Gasteiger partial charge in [-0.05, 0) is 50.9 Å². The molecule has 1 fully saturated rings. The van der Waals surface area contributed by atoms with Gasteiger partial charge >= 0.3 is 0 Å². The van der Waals surface area contributed by atoms with Crippen LogP contribution in [0.25, 0.3) is 0 Å². The third-order valence-corrected chi connectivity index (χ3v) is 6.09. The molecule has 1 aliphatic heterocycles. The number of piperidine rings is 1. The van der Waals surface area contributed by atoms with Crippen LogP contribution in [-0.4, -0.2) is 49.9 Å². The highest BCUT2D eigenvalue weighted by Gasteiger charge is 2.24. The second kappa shape index (κ2) is 6.90. The van der Waals surface area contributed by atoms with Gasteiger partial charge in [0, 0.05) is 6.54 Å². The molecule has 0 spiro atoms. The minimum atomic E-state index is -3.19. The molecule has 0 radical (unpaired) electrons. The summed E-state index contributed by atoms with van der Waals surface area (Å²) in [7, 11) is -3.19. The van der Waals surface area contributed by atoms with E-state index in [1.54, 1.807) is 12.1 Å². The summed E-state index contributed by atoms with van der Waals surface area (Å²) in [5.74, 6) is 0.510. The van der Waals surface area contributed by atoms with Crippen molar-refractivity contribution in [2.45, 2.75) is 37.7 Å². The van der Waals surface area contributed by atoms with Gasteiger partial charge in [-0.1, -0.05) is 24.6 Å². The van der Waals surface area contributed by atoms with E-state index in [0.29, 0.717) is 23.8 Å². The van der Waals surface area contributed by atoms with E-state index < -0.39 is 9.84 Å². The standard InChI is InChI=1S/C16H25NO3S/c1-13-4-6-15(7-5-13)21(19,20)11-3-9-17-10-8-14(2)16(18)12-17/h4-7,14,16,18H,3,8-12H2,1-2H3. The summed E-state index contributed by atoms with van der Waals surface area (Å²) in [6, 6.07) is 7.01. The number of hydrogen-bond donors (Lipinski definition) is 1. The van der Waals surface area contributed by atoms with Crippen LogP contribution >= 0.6 is 0 Å². The number of aliphatic hydroxyl groups excluding tert-OH is 1. The molecule has 1 heterocycles. The number of aryl methyl sites for hydroxylation is 1. The van der Waals surface area contributed by atoms with Crippen molar-refractivity contribution in [3.63, 3.8) is 0 Å². The van der Waals surface area contributed by atoms with Gasteiger partial charge in [-0.3, -0.25) is 0 Å². The molecule has 1 saturated heterocycles. The first-order chi connectivity index (χ1) is 9.88. The second-order valence-electron chi connectivity index (χ2n) is 6.12. The fourth-order valence-electron chi connectivity index (χ4n) is 2.66. The third kappa shape index (κ3) is 4.53. The Balaban J connectivity index is 1.84. The maximum Gasteiger partial charge on any atom is 0.178 e. The van der Waals surface area contributed by atoms with Crippen molar-refractivity contribution >= 4 is 9.84 Å². The quantitative estimate of drug-likeness (QED) is 0.902. The Morgan fingerprint density at radius 1 is 1.29 bits per heavy atom. The molecular weight excluding hydrogens is 286 g/mol. The minimum absolute atomic E-state index is 0.165. The average Bonchev–Trinajstić information content (AvgIpc) is 2.43.